The molecule has 0 saturated heterocycles. The molecule has 4 nitrogen and oxygen atoms in total. The molecule has 0 heterocycles. The topological polar surface area (TPSA) is 69.9 Å². The zero-order valence-corrected chi connectivity index (χ0v) is 17.2. The zero-order chi connectivity index (χ0) is 20.9. The van der Waals surface area contributed by atoms with E-state index in [0.717, 1.165) is 11.5 Å². The molecule has 1 unspecified atom stereocenters. The van der Waals surface area contributed by atoms with E-state index in [2.05, 4.69) is 36.3 Å². The standard InChI is InChI=1S/C11H11NO3.C11H14.C2H6/c1-8(12-15)2-3-9-4-6-10(7-5-9)11(13)14;1-9-5-4-7-10-6-2-3-8-11(9)10;1-2/h2-7,15H,1H3,(H,13,14);2-3,6,8-9H,4-5,7H2,1H3;1-2H3/b3-2+,12-8+;;. The van der Waals surface area contributed by atoms with Gasteiger partial charge in [-0.25, -0.2) is 4.79 Å². The van der Waals surface area contributed by atoms with Gasteiger partial charge in [-0.05, 0) is 67.0 Å². The highest BCUT2D eigenvalue weighted by Gasteiger charge is 2.14. The Hall–Kier alpha value is -2.88. The van der Waals surface area contributed by atoms with Crippen LogP contribution in [0.25, 0.3) is 6.08 Å². The van der Waals surface area contributed by atoms with Crippen LogP contribution >= 0.6 is 0 Å². The van der Waals surface area contributed by atoms with Gasteiger partial charge in [0.25, 0.3) is 0 Å². The number of rotatable bonds is 3. The van der Waals surface area contributed by atoms with Gasteiger partial charge in [-0.2, -0.15) is 0 Å². The molecule has 0 bridgehead atoms. The monoisotopic (exact) mass is 381 g/mol. The molecule has 0 aromatic heterocycles. The third kappa shape index (κ3) is 7.39. The number of aromatic carboxylic acids is 1. The normalized spacial score (nSPS) is 15.6. The number of carboxylic acids is 1. The number of benzene rings is 2. The van der Waals surface area contributed by atoms with Crippen molar-refractivity contribution < 1.29 is 15.1 Å². The average molecular weight is 382 g/mol. The summed E-state index contributed by atoms with van der Waals surface area (Å²) in [6, 6.07) is 15.3. The van der Waals surface area contributed by atoms with Crippen LogP contribution in [0.1, 0.15) is 73.5 Å². The van der Waals surface area contributed by atoms with Crippen LogP contribution in [0.3, 0.4) is 0 Å². The fourth-order valence-electron chi connectivity index (χ4n) is 2.98. The Labute approximate surface area is 168 Å². The predicted octanol–water partition coefficient (Wildman–Crippen LogP) is 6.40. The summed E-state index contributed by atoms with van der Waals surface area (Å²) in [5.41, 5.74) is 4.74. The molecule has 0 aliphatic heterocycles. The van der Waals surface area contributed by atoms with E-state index in [0.29, 0.717) is 5.71 Å². The van der Waals surface area contributed by atoms with Crippen LogP contribution in [0.5, 0.6) is 0 Å². The van der Waals surface area contributed by atoms with E-state index >= 15 is 0 Å². The summed E-state index contributed by atoms with van der Waals surface area (Å²) in [5.74, 6) is -0.154. The highest BCUT2D eigenvalue weighted by atomic mass is 16.4. The van der Waals surface area contributed by atoms with Crippen LogP contribution in [0.15, 0.2) is 59.8 Å². The minimum Gasteiger partial charge on any atom is -0.478 e. The maximum atomic E-state index is 10.6. The Morgan fingerprint density at radius 3 is 2.32 bits per heavy atom. The number of nitrogens with zero attached hydrogens (tertiary/aromatic N) is 1. The summed E-state index contributed by atoms with van der Waals surface area (Å²) in [6.45, 7) is 7.99. The number of fused-ring (bicyclic) bond motifs is 1. The Kier molecular flexibility index (Phi) is 10.3. The van der Waals surface area contributed by atoms with Gasteiger partial charge in [-0.3, -0.25) is 0 Å². The smallest absolute Gasteiger partial charge is 0.335 e. The van der Waals surface area contributed by atoms with E-state index in [1.165, 1.54) is 31.4 Å². The first-order valence-corrected chi connectivity index (χ1v) is 9.79. The SMILES string of the molecule is CC.CC(/C=C/c1ccc(C(=O)O)cc1)=N\O.CC1CCCc2ccccc21. The first-order chi connectivity index (χ1) is 13.5. The summed E-state index contributed by atoms with van der Waals surface area (Å²) in [6.07, 6.45) is 7.41. The van der Waals surface area contributed by atoms with Crippen molar-refractivity contribution in [3.63, 3.8) is 0 Å². The van der Waals surface area contributed by atoms with Gasteiger partial charge < -0.3 is 10.3 Å². The summed E-state index contributed by atoms with van der Waals surface area (Å²) >= 11 is 0. The second-order valence-corrected chi connectivity index (χ2v) is 6.49. The van der Waals surface area contributed by atoms with E-state index < -0.39 is 5.97 Å². The van der Waals surface area contributed by atoms with E-state index in [-0.39, 0.29) is 5.56 Å². The Bertz CT molecular complexity index is 792. The van der Waals surface area contributed by atoms with Crippen molar-refractivity contribution in [3.05, 3.63) is 76.9 Å². The lowest BCUT2D eigenvalue weighted by molar-refractivity contribution is 0.0697. The van der Waals surface area contributed by atoms with Gasteiger partial charge in [0.05, 0.1) is 11.3 Å². The molecule has 2 aromatic rings. The van der Waals surface area contributed by atoms with Gasteiger partial charge in [-0.15, -0.1) is 0 Å². The molecule has 2 N–H and O–H groups in total. The van der Waals surface area contributed by atoms with Crippen LogP contribution in [0, 0.1) is 0 Å². The molecule has 0 saturated carbocycles. The first-order valence-electron chi connectivity index (χ1n) is 9.79. The Balaban J connectivity index is 0.000000266. The first kappa shape index (κ1) is 23.2. The summed E-state index contributed by atoms with van der Waals surface area (Å²) in [4.78, 5) is 10.6. The highest BCUT2D eigenvalue weighted by Crippen LogP contribution is 2.30. The average Bonchev–Trinajstić information content (AvgIpc) is 2.74. The van der Waals surface area contributed by atoms with Gasteiger partial charge in [0.2, 0.25) is 0 Å². The second-order valence-electron chi connectivity index (χ2n) is 6.49. The number of aryl methyl sites for hydroxylation is 1. The van der Waals surface area contributed by atoms with Crippen LogP contribution in [-0.2, 0) is 6.42 Å². The predicted molar refractivity (Wildman–Crippen MR) is 116 cm³/mol. The van der Waals surface area contributed by atoms with E-state index in [1.807, 2.05) is 13.8 Å². The van der Waals surface area contributed by atoms with Crippen molar-refractivity contribution >= 4 is 17.8 Å². The summed E-state index contributed by atoms with van der Waals surface area (Å²) in [7, 11) is 0. The molecule has 0 spiro atoms. The molecule has 0 amide bonds. The van der Waals surface area contributed by atoms with Gasteiger partial charge in [0.1, 0.15) is 0 Å². The van der Waals surface area contributed by atoms with E-state index in [9.17, 15) is 4.79 Å². The number of allylic oxidation sites excluding steroid dienone is 1. The molecule has 150 valence electrons. The third-order valence-corrected chi connectivity index (χ3v) is 4.50. The minimum atomic E-state index is -0.946. The van der Waals surface area contributed by atoms with Gasteiger partial charge >= 0.3 is 5.97 Å². The second kappa shape index (κ2) is 12.5. The molecule has 4 heteroatoms. The molecule has 2 aromatic carbocycles. The van der Waals surface area contributed by atoms with Gasteiger partial charge in [-0.1, -0.05) is 68.4 Å². The Morgan fingerprint density at radius 1 is 1.11 bits per heavy atom. The van der Waals surface area contributed by atoms with Gasteiger partial charge in [0, 0.05) is 0 Å². The van der Waals surface area contributed by atoms with Crippen molar-refractivity contribution in [2.24, 2.45) is 5.16 Å². The van der Waals surface area contributed by atoms with Gasteiger partial charge in [0.15, 0.2) is 0 Å². The van der Waals surface area contributed by atoms with Crippen LogP contribution in [0.2, 0.25) is 0 Å². The van der Waals surface area contributed by atoms with Crippen LogP contribution < -0.4 is 0 Å². The van der Waals surface area contributed by atoms with Crippen molar-refractivity contribution in [1.29, 1.82) is 0 Å². The molecule has 1 atom stereocenters. The lowest BCUT2D eigenvalue weighted by Gasteiger charge is -2.21. The summed E-state index contributed by atoms with van der Waals surface area (Å²) in [5, 5.41) is 20.0. The minimum absolute atomic E-state index is 0.250. The number of hydrogen-bond acceptors (Lipinski definition) is 3. The number of oxime groups is 1. The van der Waals surface area contributed by atoms with Crippen molar-refractivity contribution in [3.8, 4) is 0 Å². The molecule has 28 heavy (non-hydrogen) atoms. The molecule has 0 fully saturated rings. The summed E-state index contributed by atoms with van der Waals surface area (Å²) < 4.78 is 0. The highest BCUT2D eigenvalue weighted by molar-refractivity contribution is 5.96. The third-order valence-electron chi connectivity index (χ3n) is 4.50. The number of carboxylic acid groups (broad SMARTS) is 1. The van der Waals surface area contributed by atoms with E-state index in [1.54, 1.807) is 42.3 Å². The lowest BCUT2D eigenvalue weighted by atomic mass is 9.84. The molecular formula is C24H31NO3. The zero-order valence-electron chi connectivity index (χ0n) is 17.2. The van der Waals surface area contributed by atoms with E-state index in [4.69, 9.17) is 10.3 Å². The van der Waals surface area contributed by atoms with Crippen molar-refractivity contribution in [1.82, 2.24) is 0 Å². The number of hydrogen-bond donors (Lipinski definition) is 2. The maximum Gasteiger partial charge on any atom is 0.335 e. The molecule has 1 aliphatic carbocycles. The quantitative estimate of drug-likeness (QED) is 0.367. The van der Waals surface area contributed by atoms with Crippen molar-refractivity contribution in [2.75, 3.05) is 0 Å². The molecule has 0 radical (unpaired) electrons. The number of carbonyl (C=O) groups is 1. The lowest BCUT2D eigenvalue weighted by Crippen LogP contribution is -2.05. The largest absolute Gasteiger partial charge is 0.478 e. The molecular weight excluding hydrogens is 350 g/mol. The van der Waals surface area contributed by atoms with Crippen molar-refractivity contribution in [2.45, 2.75) is 52.9 Å². The van der Waals surface area contributed by atoms with Crippen LogP contribution in [-0.4, -0.2) is 22.0 Å². The molecule has 3 rings (SSSR count). The molecule has 1 aliphatic rings. The Morgan fingerprint density at radius 2 is 1.75 bits per heavy atom. The fourth-order valence-corrected chi connectivity index (χ4v) is 2.98. The van der Waals surface area contributed by atoms with Crippen LogP contribution in [0.4, 0.5) is 0 Å². The maximum absolute atomic E-state index is 10.6. The fraction of sp³-hybridized carbons (Fsp3) is 0.333.